The molecule has 4 rings (SSSR count). The fourth-order valence-corrected chi connectivity index (χ4v) is 3.73. The lowest BCUT2D eigenvalue weighted by molar-refractivity contribution is 0.0651. The van der Waals surface area contributed by atoms with Crippen molar-refractivity contribution in [3.05, 3.63) is 72.1 Å². The van der Waals surface area contributed by atoms with Crippen LogP contribution in [0.2, 0.25) is 0 Å². The highest BCUT2D eigenvalue weighted by atomic mass is 16.3. The lowest BCUT2D eigenvalue weighted by atomic mass is 9.97. The number of hydrogen-bond donors (Lipinski definition) is 3. The third-order valence-corrected chi connectivity index (χ3v) is 5.61. The number of aliphatic hydroxyl groups is 1. The van der Waals surface area contributed by atoms with Gasteiger partial charge in [-0.25, -0.2) is 9.97 Å². The van der Waals surface area contributed by atoms with E-state index in [0.717, 1.165) is 12.8 Å². The lowest BCUT2D eigenvalue weighted by Gasteiger charge is -2.31. The number of nitrogen functional groups attached to an aromatic ring is 1. The normalized spacial score (nSPS) is 14.2. The average Bonchev–Trinajstić information content (AvgIpc) is 2.84. The molecule has 1 fully saturated rings. The molecule has 0 bridgehead atoms. The number of aliphatic hydroxyl groups excluding tert-OH is 1. The van der Waals surface area contributed by atoms with E-state index >= 15 is 0 Å². The standard InChI is InChI=1S/C24H25N5O3.4H2/c25-22-21(23(31)27-19-7-2-1-3-8-19)28-20(14-26-22)17-5-4-6-18(13-17)24(32)29-11-9-16(15-30)10-12-29;;;;/h1-8,13-14,16,30H,9-12,15H2,(H2,25,26)(H,27,31);4*1H. The van der Waals surface area contributed by atoms with Crippen molar-refractivity contribution in [3.8, 4) is 11.3 Å². The van der Waals surface area contributed by atoms with Crippen LogP contribution in [0.3, 0.4) is 0 Å². The van der Waals surface area contributed by atoms with Gasteiger partial charge in [-0.2, -0.15) is 0 Å². The Morgan fingerprint density at radius 2 is 1.88 bits per heavy atom. The summed E-state index contributed by atoms with van der Waals surface area (Å²) in [4.78, 5) is 36.0. The Balaban J connectivity index is 0.00000306. The van der Waals surface area contributed by atoms with Crippen molar-refractivity contribution in [2.45, 2.75) is 12.8 Å². The van der Waals surface area contributed by atoms with Crippen LogP contribution >= 0.6 is 0 Å². The Morgan fingerprint density at radius 3 is 2.59 bits per heavy atom. The zero-order valence-electron chi connectivity index (χ0n) is 17.6. The maximum absolute atomic E-state index is 13.0. The van der Waals surface area contributed by atoms with Gasteiger partial charge in [0.25, 0.3) is 11.8 Å². The van der Waals surface area contributed by atoms with Crippen molar-refractivity contribution in [1.82, 2.24) is 14.9 Å². The Bertz CT molecular complexity index is 1130. The topological polar surface area (TPSA) is 121 Å². The van der Waals surface area contributed by atoms with E-state index in [1.165, 1.54) is 6.20 Å². The van der Waals surface area contributed by atoms with Crippen LogP contribution in [-0.4, -0.2) is 51.5 Å². The number of para-hydroxylation sites is 1. The summed E-state index contributed by atoms with van der Waals surface area (Å²) >= 11 is 0. The highest BCUT2D eigenvalue weighted by Crippen LogP contribution is 2.23. The third kappa shape index (κ3) is 4.76. The first-order chi connectivity index (χ1) is 15.5. The van der Waals surface area contributed by atoms with Crippen LogP contribution in [0.25, 0.3) is 11.3 Å². The molecule has 1 aromatic heterocycles. The molecule has 2 aromatic carbocycles. The second-order valence-electron chi connectivity index (χ2n) is 7.81. The van der Waals surface area contributed by atoms with Gasteiger partial charge < -0.3 is 21.1 Å². The molecule has 2 heterocycles. The second-order valence-corrected chi connectivity index (χ2v) is 7.81. The highest BCUT2D eigenvalue weighted by molar-refractivity contribution is 6.06. The Kier molecular flexibility index (Phi) is 6.42. The van der Waals surface area contributed by atoms with Crippen LogP contribution in [0.4, 0.5) is 11.5 Å². The molecule has 4 N–H and O–H groups in total. The molecule has 172 valence electrons. The van der Waals surface area contributed by atoms with Crippen molar-refractivity contribution in [1.29, 1.82) is 0 Å². The molecule has 1 saturated heterocycles. The summed E-state index contributed by atoms with van der Waals surface area (Å²) < 4.78 is 0. The maximum Gasteiger partial charge on any atom is 0.278 e. The predicted octanol–water partition coefficient (Wildman–Crippen LogP) is 3.81. The monoisotopic (exact) mass is 439 g/mol. The summed E-state index contributed by atoms with van der Waals surface area (Å²) in [7, 11) is 0. The first-order valence-corrected chi connectivity index (χ1v) is 10.5. The molecule has 1 aliphatic rings. The van der Waals surface area contributed by atoms with Gasteiger partial charge in [-0.05, 0) is 43.0 Å². The van der Waals surface area contributed by atoms with Crippen LogP contribution in [0, 0.1) is 5.92 Å². The number of aromatic nitrogens is 2. The average molecular weight is 440 g/mol. The number of benzene rings is 2. The van der Waals surface area contributed by atoms with Gasteiger partial charge in [-0.3, -0.25) is 9.59 Å². The summed E-state index contributed by atoms with van der Waals surface area (Å²) in [6.07, 6.45) is 3.08. The van der Waals surface area contributed by atoms with Gasteiger partial charge in [-0.15, -0.1) is 0 Å². The van der Waals surface area contributed by atoms with Crippen LogP contribution in [-0.2, 0) is 0 Å². The number of piperidine rings is 1. The van der Waals surface area contributed by atoms with Gasteiger partial charge in [0, 0.05) is 42.2 Å². The molecule has 8 heteroatoms. The minimum Gasteiger partial charge on any atom is -0.396 e. The quantitative estimate of drug-likeness (QED) is 0.556. The number of carbonyl (C=O) groups excluding carboxylic acids is 2. The number of nitrogens with one attached hydrogen (secondary N) is 1. The number of nitrogens with zero attached hydrogens (tertiary/aromatic N) is 3. The van der Waals surface area contributed by atoms with Crippen molar-refractivity contribution in [2.24, 2.45) is 5.92 Å². The zero-order valence-corrected chi connectivity index (χ0v) is 17.6. The molecule has 0 spiro atoms. The molecule has 0 radical (unpaired) electrons. The predicted molar refractivity (Wildman–Crippen MR) is 130 cm³/mol. The molecule has 8 nitrogen and oxygen atoms in total. The zero-order chi connectivity index (χ0) is 22.5. The van der Waals surface area contributed by atoms with Gasteiger partial charge in [0.05, 0.1) is 11.9 Å². The summed E-state index contributed by atoms with van der Waals surface area (Å²) in [6, 6.07) is 16.1. The largest absolute Gasteiger partial charge is 0.396 e. The molecular formula is C24H33N5O3. The van der Waals surface area contributed by atoms with Crippen LogP contribution in [0.15, 0.2) is 60.8 Å². The molecule has 1 aliphatic heterocycles. The molecule has 2 amide bonds. The summed E-state index contributed by atoms with van der Waals surface area (Å²) in [6.45, 7) is 1.41. The molecule has 0 atom stereocenters. The molecule has 0 unspecified atom stereocenters. The molecule has 0 saturated carbocycles. The third-order valence-electron chi connectivity index (χ3n) is 5.61. The molecular weight excluding hydrogens is 406 g/mol. The number of likely N-dealkylation sites (tertiary alicyclic amines) is 1. The van der Waals surface area contributed by atoms with Crippen LogP contribution in [0.5, 0.6) is 0 Å². The molecule has 0 aliphatic carbocycles. The van der Waals surface area contributed by atoms with E-state index < -0.39 is 5.91 Å². The van der Waals surface area contributed by atoms with E-state index in [0.29, 0.717) is 35.6 Å². The van der Waals surface area contributed by atoms with Gasteiger partial charge in [0.2, 0.25) is 0 Å². The van der Waals surface area contributed by atoms with Crippen molar-refractivity contribution in [3.63, 3.8) is 0 Å². The van der Waals surface area contributed by atoms with Crippen LogP contribution in [0.1, 0.15) is 39.4 Å². The first-order valence-electron chi connectivity index (χ1n) is 10.5. The van der Waals surface area contributed by atoms with E-state index in [9.17, 15) is 14.7 Å². The Hall–Kier alpha value is -3.78. The number of anilines is 2. The van der Waals surface area contributed by atoms with Crippen molar-refractivity contribution in [2.75, 3.05) is 30.7 Å². The highest BCUT2D eigenvalue weighted by Gasteiger charge is 2.23. The number of nitrogens with two attached hydrogens (primary N) is 1. The number of rotatable bonds is 5. The van der Waals surface area contributed by atoms with Gasteiger partial charge in [0.15, 0.2) is 11.5 Å². The minimum absolute atomic E-state index is 0. The van der Waals surface area contributed by atoms with Gasteiger partial charge in [0.1, 0.15) is 0 Å². The molecule has 3 aromatic rings. The van der Waals surface area contributed by atoms with Gasteiger partial charge in [-0.1, -0.05) is 30.3 Å². The van der Waals surface area contributed by atoms with E-state index in [1.54, 1.807) is 35.2 Å². The van der Waals surface area contributed by atoms with Crippen LogP contribution < -0.4 is 11.1 Å². The Labute approximate surface area is 192 Å². The van der Waals surface area contributed by atoms with E-state index in [4.69, 9.17) is 5.73 Å². The van der Waals surface area contributed by atoms with E-state index in [-0.39, 0.29) is 35.7 Å². The second kappa shape index (κ2) is 9.57. The summed E-state index contributed by atoms with van der Waals surface area (Å²) in [5, 5.41) is 12.1. The van der Waals surface area contributed by atoms with Gasteiger partial charge >= 0.3 is 0 Å². The number of hydrogen-bond acceptors (Lipinski definition) is 6. The maximum atomic E-state index is 13.0. The summed E-state index contributed by atoms with van der Waals surface area (Å²) in [5.41, 5.74) is 8.22. The fourth-order valence-electron chi connectivity index (χ4n) is 3.73. The summed E-state index contributed by atoms with van der Waals surface area (Å²) in [5.74, 6) is -0.229. The minimum atomic E-state index is -0.456. The molecule has 32 heavy (non-hydrogen) atoms. The SMILES string of the molecule is Nc1ncc(-c2cccc(C(=O)N3CCC(CO)CC3)c2)nc1C(=O)Nc1ccccc1.[HH].[HH].[HH].[HH]. The van der Waals surface area contributed by atoms with E-state index in [1.807, 2.05) is 24.3 Å². The number of carbonyl (C=O) groups is 2. The van der Waals surface area contributed by atoms with E-state index in [2.05, 4.69) is 15.3 Å². The van der Waals surface area contributed by atoms with Crippen molar-refractivity contribution < 1.29 is 20.4 Å². The van der Waals surface area contributed by atoms with Crippen molar-refractivity contribution >= 4 is 23.3 Å². The first kappa shape index (κ1) is 21.5. The fraction of sp³-hybridized carbons (Fsp3) is 0.250. The number of amides is 2. The Morgan fingerprint density at radius 1 is 1.12 bits per heavy atom. The lowest BCUT2D eigenvalue weighted by Crippen LogP contribution is -2.39. The smallest absolute Gasteiger partial charge is 0.278 e.